The second-order valence-electron chi connectivity index (χ2n) is 4.45. The molecule has 74 valence electrons. The van der Waals surface area contributed by atoms with E-state index in [1.807, 2.05) is 0 Å². The van der Waals surface area contributed by atoms with Crippen LogP contribution in [0, 0.1) is 11.8 Å². The van der Waals surface area contributed by atoms with E-state index in [1.54, 1.807) is 0 Å². The third kappa shape index (κ3) is 3.75. The van der Waals surface area contributed by atoms with Gasteiger partial charge in [-0.05, 0) is 38.0 Å². The summed E-state index contributed by atoms with van der Waals surface area (Å²) in [7, 11) is 0. The highest BCUT2D eigenvalue weighted by Crippen LogP contribution is 2.25. The zero-order valence-corrected chi connectivity index (χ0v) is 8.75. The molecule has 0 aromatic heterocycles. The molecule has 1 rings (SSSR count). The summed E-state index contributed by atoms with van der Waals surface area (Å²) in [5.74, 6) is 0.994. The van der Waals surface area contributed by atoms with Gasteiger partial charge in [0, 0.05) is 5.92 Å². The van der Waals surface area contributed by atoms with E-state index in [1.165, 1.54) is 31.3 Å². The third-order valence-corrected chi connectivity index (χ3v) is 2.70. The molecule has 0 aliphatic heterocycles. The molecule has 1 aliphatic rings. The molecule has 1 aliphatic carbocycles. The number of carbonyl (C=O) groups excluding carboxylic acids is 1. The Morgan fingerprint density at radius 1 is 1.62 bits per heavy atom. The number of hydrogen-bond acceptors (Lipinski definition) is 1. The average Bonchev–Trinajstić information content (AvgIpc) is 2.15. The number of rotatable bonds is 4. The summed E-state index contributed by atoms with van der Waals surface area (Å²) in [6.45, 7) is 4.50. The van der Waals surface area contributed by atoms with Crippen molar-refractivity contribution in [2.75, 3.05) is 0 Å². The molecule has 0 radical (unpaired) electrons. The van der Waals surface area contributed by atoms with Gasteiger partial charge in [0.25, 0.3) is 0 Å². The summed E-state index contributed by atoms with van der Waals surface area (Å²) in [6, 6.07) is 0. The lowest BCUT2D eigenvalue weighted by molar-refractivity contribution is -0.110. The Morgan fingerprint density at radius 3 is 3.00 bits per heavy atom. The van der Waals surface area contributed by atoms with Crippen LogP contribution in [0.4, 0.5) is 0 Å². The minimum absolute atomic E-state index is 0.218. The molecule has 0 N–H and O–H groups in total. The first kappa shape index (κ1) is 10.5. The van der Waals surface area contributed by atoms with Crippen LogP contribution in [0.25, 0.3) is 0 Å². The summed E-state index contributed by atoms with van der Waals surface area (Å²) in [4.78, 5) is 10.6. The lowest BCUT2D eigenvalue weighted by Gasteiger charge is -2.17. The van der Waals surface area contributed by atoms with E-state index in [-0.39, 0.29) is 5.92 Å². The highest BCUT2D eigenvalue weighted by Gasteiger charge is 2.12. The summed E-state index contributed by atoms with van der Waals surface area (Å²) >= 11 is 0. The van der Waals surface area contributed by atoms with Gasteiger partial charge in [0.1, 0.15) is 6.29 Å². The zero-order chi connectivity index (χ0) is 9.68. The van der Waals surface area contributed by atoms with E-state index in [2.05, 4.69) is 19.9 Å². The summed E-state index contributed by atoms with van der Waals surface area (Å²) in [5, 5.41) is 0. The number of hydrogen-bond donors (Lipinski definition) is 0. The molecule has 0 spiro atoms. The lowest BCUT2D eigenvalue weighted by atomic mass is 9.88. The van der Waals surface area contributed by atoms with Gasteiger partial charge in [0.15, 0.2) is 0 Å². The molecule has 1 nitrogen and oxygen atoms in total. The molecule has 0 saturated heterocycles. The Labute approximate surface area is 81.2 Å². The van der Waals surface area contributed by atoms with Crippen molar-refractivity contribution >= 4 is 6.29 Å². The molecule has 0 bridgehead atoms. The lowest BCUT2D eigenvalue weighted by Crippen LogP contribution is -2.06. The number of carbonyl (C=O) groups is 1. The van der Waals surface area contributed by atoms with Crippen molar-refractivity contribution in [3.05, 3.63) is 11.6 Å². The smallest absolute Gasteiger partial charge is 0.126 e. The molecule has 0 aromatic rings. The average molecular weight is 180 g/mol. The van der Waals surface area contributed by atoms with Crippen LogP contribution in [0.15, 0.2) is 11.6 Å². The van der Waals surface area contributed by atoms with Crippen molar-refractivity contribution in [1.29, 1.82) is 0 Å². The number of aldehydes is 1. The van der Waals surface area contributed by atoms with Crippen LogP contribution in [-0.2, 0) is 4.79 Å². The van der Waals surface area contributed by atoms with Crippen LogP contribution < -0.4 is 0 Å². The van der Waals surface area contributed by atoms with Crippen LogP contribution in [0.2, 0.25) is 0 Å². The topological polar surface area (TPSA) is 17.1 Å². The highest BCUT2D eigenvalue weighted by molar-refractivity contribution is 5.57. The minimum atomic E-state index is 0.218. The third-order valence-electron chi connectivity index (χ3n) is 2.70. The van der Waals surface area contributed by atoms with Crippen molar-refractivity contribution in [2.24, 2.45) is 11.8 Å². The first-order valence-corrected chi connectivity index (χ1v) is 5.37. The maximum Gasteiger partial charge on any atom is 0.126 e. The molecule has 0 aromatic carbocycles. The fourth-order valence-corrected chi connectivity index (χ4v) is 1.82. The van der Waals surface area contributed by atoms with Crippen molar-refractivity contribution in [2.45, 2.75) is 46.0 Å². The van der Waals surface area contributed by atoms with E-state index in [4.69, 9.17) is 0 Å². The summed E-state index contributed by atoms with van der Waals surface area (Å²) in [6.07, 6.45) is 9.23. The molecular formula is C12H20O. The van der Waals surface area contributed by atoms with Crippen molar-refractivity contribution in [1.82, 2.24) is 0 Å². The second-order valence-corrected chi connectivity index (χ2v) is 4.45. The van der Waals surface area contributed by atoms with E-state index in [0.29, 0.717) is 0 Å². The van der Waals surface area contributed by atoms with Gasteiger partial charge in [-0.15, -0.1) is 0 Å². The van der Waals surface area contributed by atoms with Crippen LogP contribution in [0.3, 0.4) is 0 Å². The van der Waals surface area contributed by atoms with Gasteiger partial charge in [0.2, 0.25) is 0 Å². The van der Waals surface area contributed by atoms with Gasteiger partial charge in [0.05, 0.1) is 0 Å². The van der Waals surface area contributed by atoms with Gasteiger partial charge in [-0.1, -0.05) is 25.5 Å². The predicted molar refractivity (Wildman–Crippen MR) is 55.6 cm³/mol. The Balaban J connectivity index is 2.39. The molecule has 1 unspecified atom stereocenters. The van der Waals surface area contributed by atoms with Crippen LogP contribution >= 0.6 is 0 Å². The Kier molecular flexibility index (Phi) is 4.20. The summed E-state index contributed by atoms with van der Waals surface area (Å²) in [5.41, 5.74) is 1.51. The first-order valence-electron chi connectivity index (χ1n) is 5.37. The monoisotopic (exact) mass is 180 g/mol. The highest BCUT2D eigenvalue weighted by atomic mass is 16.1. The van der Waals surface area contributed by atoms with E-state index in [0.717, 1.165) is 18.6 Å². The zero-order valence-electron chi connectivity index (χ0n) is 8.75. The van der Waals surface area contributed by atoms with Crippen molar-refractivity contribution < 1.29 is 4.79 Å². The Bertz CT molecular complexity index is 191. The Morgan fingerprint density at radius 2 is 2.38 bits per heavy atom. The van der Waals surface area contributed by atoms with E-state index in [9.17, 15) is 4.79 Å². The maximum absolute atomic E-state index is 10.6. The van der Waals surface area contributed by atoms with Crippen molar-refractivity contribution in [3.8, 4) is 0 Å². The van der Waals surface area contributed by atoms with Gasteiger partial charge < -0.3 is 4.79 Å². The molecular weight excluding hydrogens is 160 g/mol. The van der Waals surface area contributed by atoms with Crippen molar-refractivity contribution in [3.63, 3.8) is 0 Å². The van der Waals surface area contributed by atoms with Crippen LogP contribution in [0.5, 0.6) is 0 Å². The van der Waals surface area contributed by atoms with Gasteiger partial charge in [-0.3, -0.25) is 0 Å². The normalized spacial score (nSPS) is 23.0. The molecule has 13 heavy (non-hydrogen) atoms. The molecule has 0 amide bonds. The SMILES string of the molecule is CC(C)CCC1=CC(C=O)CCC1. The molecule has 1 heteroatoms. The fourth-order valence-electron chi connectivity index (χ4n) is 1.82. The largest absolute Gasteiger partial charge is 0.303 e. The standard InChI is InChI=1S/C12H20O/c1-10(2)6-7-11-4-3-5-12(8-11)9-13/h8-10,12H,3-7H2,1-2H3. The van der Waals surface area contributed by atoms with E-state index >= 15 is 0 Å². The maximum atomic E-state index is 10.6. The molecule has 0 heterocycles. The van der Waals surface area contributed by atoms with Gasteiger partial charge >= 0.3 is 0 Å². The van der Waals surface area contributed by atoms with Gasteiger partial charge in [-0.25, -0.2) is 0 Å². The molecule has 0 saturated carbocycles. The Hall–Kier alpha value is -0.590. The van der Waals surface area contributed by atoms with Gasteiger partial charge in [-0.2, -0.15) is 0 Å². The first-order chi connectivity index (χ1) is 6.22. The molecule has 1 atom stereocenters. The van der Waals surface area contributed by atoms with Crippen LogP contribution in [-0.4, -0.2) is 6.29 Å². The van der Waals surface area contributed by atoms with E-state index < -0.39 is 0 Å². The second kappa shape index (κ2) is 5.21. The quantitative estimate of drug-likeness (QED) is 0.479. The van der Waals surface area contributed by atoms with Crippen LogP contribution in [0.1, 0.15) is 46.0 Å². The predicted octanol–water partition coefficient (Wildman–Crippen LogP) is 3.35. The fraction of sp³-hybridized carbons (Fsp3) is 0.750. The molecule has 0 fully saturated rings. The number of allylic oxidation sites excluding steroid dienone is 2. The summed E-state index contributed by atoms with van der Waals surface area (Å²) < 4.78 is 0. The minimum Gasteiger partial charge on any atom is -0.303 e.